The van der Waals surface area contributed by atoms with Gasteiger partial charge in [0.15, 0.2) is 0 Å². The highest BCUT2D eigenvalue weighted by Crippen LogP contribution is 2.23. The number of nitrogens with one attached hydrogen (secondary N) is 1. The van der Waals surface area contributed by atoms with Crippen LogP contribution in [0.2, 0.25) is 0 Å². The van der Waals surface area contributed by atoms with Gasteiger partial charge in [-0.15, -0.1) is 0 Å². The fraction of sp³-hybridized carbons (Fsp3) is 0.733. The average molecular weight is 278 g/mol. The van der Waals surface area contributed by atoms with E-state index in [1.807, 2.05) is 6.07 Å². The summed E-state index contributed by atoms with van der Waals surface area (Å²) < 4.78 is 0. The number of hydrogen-bond acceptors (Lipinski definition) is 5. The van der Waals surface area contributed by atoms with Gasteiger partial charge in [-0.2, -0.15) is 0 Å². The average Bonchev–Trinajstić information content (AvgIpc) is 2.52. The van der Waals surface area contributed by atoms with E-state index >= 15 is 0 Å². The first kappa shape index (κ1) is 15.0. The molecule has 0 amide bonds. The van der Waals surface area contributed by atoms with Crippen LogP contribution in [0.4, 0.5) is 11.6 Å². The molecule has 1 aliphatic rings. The Morgan fingerprint density at radius 2 is 2.25 bits per heavy atom. The van der Waals surface area contributed by atoms with Crippen molar-refractivity contribution in [3.63, 3.8) is 0 Å². The molecule has 1 saturated heterocycles. The number of aromatic nitrogens is 2. The maximum atomic E-state index is 9.36. The molecular formula is C15H26N4O. The summed E-state index contributed by atoms with van der Waals surface area (Å²) in [4.78, 5) is 11.5. The predicted molar refractivity (Wildman–Crippen MR) is 82.2 cm³/mol. The molecule has 0 radical (unpaired) electrons. The molecule has 1 aliphatic heterocycles. The summed E-state index contributed by atoms with van der Waals surface area (Å²) in [5, 5.41) is 12.7. The Morgan fingerprint density at radius 1 is 1.40 bits per heavy atom. The van der Waals surface area contributed by atoms with E-state index in [9.17, 15) is 5.11 Å². The van der Waals surface area contributed by atoms with E-state index in [0.29, 0.717) is 5.92 Å². The summed E-state index contributed by atoms with van der Waals surface area (Å²) >= 11 is 0. The number of piperidine rings is 1. The second kappa shape index (κ2) is 7.43. The van der Waals surface area contributed by atoms with Crippen LogP contribution in [0.3, 0.4) is 0 Å². The molecule has 2 N–H and O–H groups in total. The van der Waals surface area contributed by atoms with E-state index in [0.717, 1.165) is 62.8 Å². The van der Waals surface area contributed by atoms with E-state index in [4.69, 9.17) is 0 Å². The van der Waals surface area contributed by atoms with E-state index in [2.05, 4.69) is 34.0 Å². The minimum absolute atomic E-state index is 0.267. The molecule has 0 saturated carbocycles. The second-order valence-corrected chi connectivity index (χ2v) is 5.44. The third-order valence-corrected chi connectivity index (χ3v) is 3.73. The summed E-state index contributed by atoms with van der Waals surface area (Å²) in [5.41, 5.74) is 0. The highest BCUT2D eigenvalue weighted by molar-refractivity contribution is 5.49. The molecule has 0 aliphatic carbocycles. The summed E-state index contributed by atoms with van der Waals surface area (Å²) in [6, 6.07) is 2.04. The largest absolute Gasteiger partial charge is 0.396 e. The van der Waals surface area contributed by atoms with Crippen molar-refractivity contribution in [1.82, 2.24) is 9.97 Å². The number of nitrogens with zero attached hydrogens (tertiary/aromatic N) is 3. The molecule has 1 aromatic heterocycles. The van der Waals surface area contributed by atoms with Gasteiger partial charge in [0, 0.05) is 38.7 Å². The lowest BCUT2D eigenvalue weighted by Gasteiger charge is -2.33. The minimum Gasteiger partial charge on any atom is -0.396 e. The van der Waals surface area contributed by atoms with E-state index in [1.165, 1.54) is 0 Å². The van der Waals surface area contributed by atoms with Gasteiger partial charge in [-0.1, -0.05) is 13.8 Å². The fourth-order valence-electron chi connectivity index (χ4n) is 2.57. The molecule has 2 heterocycles. The second-order valence-electron chi connectivity index (χ2n) is 5.44. The quantitative estimate of drug-likeness (QED) is 0.834. The Balaban J connectivity index is 2.16. The fourth-order valence-corrected chi connectivity index (χ4v) is 2.57. The maximum Gasteiger partial charge on any atom is 0.134 e. The van der Waals surface area contributed by atoms with Crippen molar-refractivity contribution in [3.05, 3.63) is 11.9 Å². The van der Waals surface area contributed by atoms with Crippen molar-refractivity contribution in [3.8, 4) is 0 Å². The van der Waals surface area contributed by atoms with Crippen LogP contribution in [-0.2, 0) is 6.42 Å². The Kier molecular flexibility index (Phi) is 5.59. The molecule has 0 spiro atoms. The lowest BCUT2D eigenvalue weighted by atomic mass is 9.99. The lowest BCUT2D eigenvalue weighted by Crippen LogP contribution is -2.37. The van der Waals surface area contributed by atoms with E-state index in [-0.39, 0.29) is 6.61 Å². The Labute approximate surface area is 121 Å². The van der Waals surface area contributed by atoms with Gasteiger partial charge in [-0.05, 0) is 25.2 Å². The topological polar surface area (TPSA) is 61.3 Å². The number of aliphatic hydroxyl groups excluding tert-OH is 1. The number of rotatable bonds is 6. The zero-order valence-corrected chi connectivity index (χ0v) is 12.6. The van der Waals surface area contributed by atoms with Crippen LogP contribution < -0.4 is 10.2 Å². The van der Waals surface area contributed by atoms with E-state index in [1.54, 1.807) is 0 Å². The molecule has 2 rings (SSSR count). The van der Waals surface area contributed by atoms with Crippen LogP contribution in [-0.4, -0.2) is 41.3 Å². The van der Waals surface area contributed by atoms with Crippen molar-refractivity contribution in [1.29, 1.82) is 0 Å². The smallest absolute Gasteiger partial charge is 0.134 e. The number of aryl methyl sites for hydroxylation is 1. The first-order valence-corrected chi connectivity index (χ1v) is 7.74. The normalized spacial score (nSPS) is 19.1. The molecule has 20 heavy (non-hydrogen) atoms. The van der Waals surface area contributed by atoms with Crippen molar-refractivity contribution < 1.29 is 5.11 Å². The van der Waals surface area contributed by atoms with Crippen LogP contribution >= 0.6 is 0 Å². The molecule has 112 valence electrons. The third kappa shape index (κ3) is 3.82. The highest BCUT2D eigenvalue weighted by Gasteiger charge is 2.21. The monoisotopic (exact) mass is 278 g/mol. The van der Waals surface area contributed by atoms with Crippen LogP contribution in [0, 0.1) is 5.92 Å². The number of hydrogen-bond donors (Lipinski definition) is 2. The minimum atomic E-state index is 0.267. The van der Waals surface area contributed by atoms with Gasteiger partial charge in [0.25, 0.3) is 0 Å². The third-order valence-electron chi connectivity index (χ3n) is 3.73. The molecule has 1 atom stereocenters. The van der Waals surface area contributed by atoms with Crippen molar-refractivity contribution in [2.45, 2.75) is 39.5 Å². The first-order chi connectivity index (χ1) is 9.76. The molecule has 0 aromatic carbocycles. The summed E-state index contributed by atoms with van der Waals surface area (Å²) in [6.45, 7) is 7.33. The molecular weight excluding hydrogens is 252 g/mol. The van der Waals surface area contributed by atoms with Crippen molar-refractivity contribution in [2.75, 3.05) is 36.5 Å². The lowest BCUT2D eigenvalue weighted by molar-refractivity contribution is 0.208. The van der Waals surface area contributed by atoms with Gasteiger partial charge < -0.3 is 15.3 Å². The van der Waals surface area contributed by atoms with Crippen LogP contribution in [0.5, 0.6) is 0 Å². The maximum absolute atomic E-state index is 9.36. The summed E-state index contributed by atoms with van der Waals surface area (Å²) in [6.07, 6.45) is 4.15. The highest BCUT2D eigenvalue weighted by atomic mass is 16.3. The molecule has 5 nitrogen and oxygen atoms in total. The Bertz CT molecular complexity index is 424. The summed E-state index contributed by atoms with van der Waals surface area (Å²) in [7, 11) is 0. The predicted octanol–water partition coefficient (Wildman–Crippen LogP) is 2.07. The number of aliphatic hydroxyl groups is 1. The molecule has 1 aromatic rings. The Hall–Kier alpha value is -1.36. The van der Waals surface area contributed by atoms with Gasteiger partial charge in [-0.25, -0.2) is 9.97 Å². The van der Waals surface area contributed by atoms with Gasteiger partial charge >= 0.3 is 0 Å². The van der Waals surface area contributed by atoms with Gasteiger partial charge in [-0.3, -0.25) is 0 Å². The van der Waals surface area contributed by atoms with Gasteiger partial charge in [0.1, 0.15) is 17.5 Å². The van der Waals surface area contributed by atoms with E-state index < -0.39 is 0 Å². The van der Waals surface area contributed by atoms with Crippen LogP contribution in [0.25, 0.3) is 0 Å². The molecule has 1 unspecified atom stereocenters. The molecule has 1 fully saturated rings. The van der Waals surface area contributed by atoms with Crippen LogP contribution in [0.15, 0.2) is 6.07 Å². The molecule has 5 heteroatoms. The van der Waals surface area contributed by atoms with Gasteiger partial charge in [0.2, 0.25) is 0 Å². The summed E-state index contributed by atoms with van der Waals surface area (Å²) in [5.74, 6) is 3.16. The zero-order valence-electron chi connectivity index (χ0n) is 12.6. The van der Waals surface area contributed by atoms with Crippen molar-refractivity contribution >= 4 is 11.6 Å². The van der Waals surface area contributed by atoms with Crippen molar-refractivity contribution in [2.24, 2.45) is 5.92 Å². The Morgan fingerprint density at radius 3 is 2.95 bits per heavy atom. The van der Waals surface area contributed by atoms with Crippen LogP contribution in [0.1, 0.15) is 38.9 Å². The molecule has 0 bridgehead atoms. The number of anilines is 2. The first-order valence-electron chi connectivity index (χ1n) is 7.74. The standard InChI is InChI=1S/C15H26N4O/c1-3-7-16-14-9-15(18-13(4-2)17-14)19-8-5-6-12(10-19)11-20/h9,12,20H,3-8,10-11H2,1-2H3,(H,16,17,18). The zero-order chi connectivity index (χ0) is 14.4. The SMILES string of the molecule is CCCNc1cc(N2CCCC(CO)C2)nc(CC)n1. The van der Waals surface area contributed by atoms with Gasteiger partial charge in [0.05, 0.1) is 0 Å².